The number of hydrogen-bond donors (Lipinski definition) is 1. The Bertz CT molecular complexity index is 892. The Morgan fingerprint density at radius 1 is 0.800 bits per heavy atom. The third-order valence-electron chi connectivity index (χ3n) is 5.52. The van der Waals surface area contributed by atoms with Crippen LogP contribution < -0.4 is 9.47 Å². The van der Waals surface area contributed by atoms with Crippen molar-refractivity contribution in [2.24, 2.45) is 5.92 Å². The maximum Gasteiger partial charge on any atom is 0.119 e. The number of rotatable bonds is 9. The lowest BCUT2D eigenvalue weighted by molar-refractivity contribution is 0.00478. The molecular weight excluding hydrogens is 374 g/mol. The summed E-state index contributed by atoms with van der Waals surface area (Å²) in [5, 5.41) is 12.4. The summed E-state index contributed by atoms with van der Waals surface area (Å²) < 4.78 is 10.9. The number of nitrogens with zero attached hydrogens (tertiary/aromatic N) is 1. The summed E-state index contributed by atoms with van der Waals surface area (Å²) in [4.78, 5) is 2.12. The van der Waals surface area contributed by atoms with Crippen molar-refractivity contribution >= 4 is 0 Å². The van der Waals surface area contributed by atoms with Crippen LogP contribution in [0.15, 0.2) is 78.9 Å². The molecule has 0 spiro atoms. The fourth-order valence-corrected chi connectivity index (χ4v) is 4.04. The van der Waals surface area contributed by atoms with E-state index in [1.165, 1.54) is 5.56 Å². The summed E-state index contributed by atoms with van der Waals surface area (Å²) in [6, 6.07) is 25.7. The third kappa shape index (κ3) is 4.84. The van der Waals surface area contributed by atoms with E-state index in [0.717, 1.165) is 29.0 Å². The molecule has 30 heavy (non-hydrogen) atoms. The number of benzene rings is 3. The number of aliphatic hydroxyl groups is 1. The molecule has 0 aliphatic heterocycles. The van der Waals surface area contributed by atoms with Crippen LogP contribution in [0.25, 0.3) is 0 Å². The molecule has 4 heteroatoms. The molecule has 1 N–H and O–H groups in total. The lowest BCUT2D eigenvalue weighted by Crippen LogP contribution is -2.43. The average molecular weight is 406 g/mol. The molecule has 0 radical (unpaired) electrons. The van der Waals surface area contributed by atoms with Gasteiger partial charge in [0.25, 0.3) is 0 Å². The van der Waals surface area contributed by atoms with Gasteiger partial charge in [-0.15, -0.1) is 0 Å². The molecule has 0 fully saturated rings. The molecule has 3 rings (SSSR count). The van der Waals surface area contributed by atoms with Crippen molar-refractivity contribution < 1.29 is 14.6 Å². The maximum atomic E-state index is 12.4. The first-order valence-electron chi connectivity index (χ1n) is 10.2. The van der Waals surface area contributed by atoms with Gasteiger partial charge in [-0.1, -0.05) is 54.6 Å². The van der Waals surface area contributed by atoms with Crippen LogP contribution in [0.3, 0.4) is 0 Å². The van der Waals surface area contributed by atoms with Crippen LogP contribution in [0.2, 0.25) is 0 Å². The first-order valence-corrected chi connectivity index (χ1v) is 10.2. The summed E-state index contributed by atoms with van der Waals surface area (Å²) >= 11 is 0. The van der Waals surface area contributed by atoms with E-state index >= 15 is 0 Å². The van der Waals surface area contributed by atoms with Crippen LogP contribution >= 0.6 is 0 Å². The van der Waals surface area contributed by atoms with E-state index < -0.39 is 5.60 Å². The smallest absolute Gasteiger partial charge is 0.119 e. The SMILES string of the molecule is COc1cccc(C(O)(c2cccc(OC)c2)C(Cc2ccccc2)CN(C)C)c1. The van der Waals surface area contributed by atoms with Crippen molar-refractivity contribution in [3.05, 3.63) is 95.6 Å². The van der Waals surface area contributed by atoms with E-state index in [1.807, 2.05) is 80.8 Å². The van der Waals surface area contributed by atoms with E-state index in [0.29, 0.717) is 6.54 Å². The van der Waals surface area contributed by atoms with Crippen molar-refractivity contribution in [3.63, 3.8) is 0 Å². The quantitative estimate of drug-likeness (QED) is 0.574. The first-order chi connectivity index (χ1) is 14.5. The first kappa shape index (κ1) is 21.9. The molecule has 1 unspecified atom stereocenters. The van der Waals surface area contributed by atoms with Crippen molar-refractivity contribution in [2.45, 2.75) is 12.0 Å². The predicted molar refractivity (Wildman–Crippen MR) is 121 cm³/mol. The minimum atomic E-state index is -1.23. The maximum absolute atomic E-state index is 12.4. The Morgan fingerprint density at radius 3 is 1.80 bits per heavy atom. The summed E-state index contributed by atoms with van der Waals surface area (Å²) in [7, 11) is 7.36. The van der Waals surface area contributed by atoms with Crippen molar-refractivity contribution in [2.75, 3.05) is 34.9 Å². The molecule has 0 saturated carbocycles. The van der Waals surface area contributed by atoms with Gasteiger partial charge in [0.05, 0.1) is 14.2 Å². The predicted octanol–water partition coefficient (Wildman–Crippen LogP) is 4.36. The fraction of sp³-hybridized carbons (Fsp3) is 0.308. The second kappa shape index (κ2) is 9.79. The van der Waals surface area contributed by atoms with Gasteiger partial charge in [0.15, 0.2) is 0 Å². The van der Waals surface area contributed by atoms with Gasteiger partial charge in [-0.3, -0.25) is 0 Å². The summed E-state index contributed by atoms with van der Waals surface area (Å²) in [5.41, 5.74) is 1.56. The van der Waals surface area contributed by atoms with Crippen LogP contribution in [0, 0.1) is 5.92 Å². The fourth-order valence-electron chi connectivity index (χ4n) is 4.04. The van der Waals surface area contributed by atoms with Crippen molar-refractivity contribution in [1.29, 1.82) is 0 Å². The van der Waals surface area contributed by atoms with E-state index in [2.05, 4.69) is 17.0 Å². The van der Waals surface area contributed by atoms with Crippen molar-refractivity contribution in [3.8, 4) is 11.5 Å². The van der Waals surface area contributed by atoms with Crippen LogP contribution in [0.4, 0.5) is 0 Å². The number of hydrogen-bond acceptors (Lipinski definition) is 4. The van der Waals surface area contributed by atoms with Crippen LogP contribution in [-0.4, -0.2) is 44.9 Å². The molecule has 0 saturated heterocycles. The Labute approximate surface area is 179 Å². The van der Waals surface area contributed by atoms with Crippen LogP contribution in [0.1, 0.15) is 16.7 Å². The lowest BCUT2D eigenvalue weighted by Gasteiger charge is -2.39. The van der Waals surface area contributed by atoms with Gasteiger partial charge in [-0.2, -0.15) is 0 Å². The van der Waals surface area contributed by atoms with E-state index in [9.17, 15) is 5.11 Å². The molecule has 4 nitrogen and oxygen atoms in total. The lowest BCUT2D eigenvalue weighted by atomic mass is 9.73. The highest BCUT2D eigenvalue weighted by Crippen LogP contribution is 2.41. The summed E-state index contributed by atoms with van der Waals surface area (Å²) in [6.45, 7) is 0.708. The molecule has 0 bridgehead atoms. The van der Waals surface area contributed by atoms with Crippen molar-refractivity contribution in [1.82, 2.24) is 4.90 Å². The Morgan fingerprint density at radius 2 is 1.33 bits per heavy atom. The normalized spacial score (nSPS) is 12.6. The van der Waals surface area contributed by atoms with E-state index in [4.69, 9.17) is 9.47 Å². The van der Waals surface area contributed by atoms with Crippen LogP contribution in [-0.2, 0) is 12.0 Å². The van der Waals surface area contributed by atoms with E-state index in [1.54, 1.807) is 14.2 Å². The molecular formula is C26H31NO3. The second-order valence-electron chi connectivity index (χ2n) is 7.88. The van der Waals surface area contributed by atoms with E-state index in [-0.39, 0.29) is 5.92 Å². The van der Waals surface area contributed by atoms with Gasteiger partial charge >= 0.3 is 0 Å². The van der Waals surface area contributed by atoms with Gasteiger partial charge in [0.1, 0.15) is 17.1 Å². The van der Waals surface area contributed by atoms with Gasteiger partial charge < -0.3 is 19.5 Å². The Hall–Kier alpha value is -2.82. The molecule has 0 heterocycles. The van der Waals surface area contributed by atoms with Gasteiger partial charge in [0.2, 0.25) is 0 Å². The highest BCUT2D eigenvalue weighted by Gasteiger charge is 2.41. The number of methoxy groups -OCH3 is 2. The molecule has 0 aliphatic carbocycles. The molecule has 3 aromatic rings. The number of ether oxygens (including phenoxy) is 2. The zero-order chi connectivity index (χ0) is 21.6. The summed E-state index contributed by atoms with van der Waals surface area (Å²) in [6.07, 6.45) is 0.726. The van der Waals surface area contributed by atoms with Gasteiger partial charge in [-0.25, -0.2) is 0 Å². The van der Waals surface area contributed by atoms with Gasteiger partial charge in [0, 0.05) is 12.5 Å². The Kier molecular flexibility index (Phi) is 7.14. The zero-order valence-electron chi connectivity index (χ0n) is 18.2. The highest BCUT2D eigenvalue weighted by molar-refractivity contribution is 5.44. The topological polar surface area (TPSA) is 41.9 Å². The van der Waals surface area contributed by atoms with Crippen LogP contribution in [0.5, 0.6) is 11.5 Å². The monoisotopic (exact) mass is 405 g/mol. The molecule has 0 amide bonds. The van der Waals surface area contributed by atoms with Gasteiger partial charge in [-0.05, 0) is 61.5 Å². The molecule has 158 valence electrons. The molecule has 3 aromatic carbocycles. The average Bonchev–Trinajstić information content (AvgIpc) is 2.78. The molecule has 1 atom stereocenters. The minimum absolute atomic E-state index is 0.103. The highest BCUT2D eigenvalue weighted by atomic mass is 16.5. The second-order valence-corrected chi connectivity index (χ2v) is 7.88. The molecule has 0 aromatic heterocycles. The molecule has 0 aliphatic rings. The summed E-state index contributed by atoms with van der Waals surface area (Å²) in [5.74, 6) is 1.34. The largest absolute Gasteiger partial charge is 0.497 e. The zero-order valence-corrected chi connectivity index (χ0v) is 18.2. The third-order valence-corrected chi connectivity index (χ3v) is 5.52. The Balaban J connectivity index is 2.18. The minimum Gasteiger partial charge on any atom is -0.497 e. The standard InChI is InChI=1S/C26H31NO3/c1-27(2)19-23(16-20-10-6-5-7-11-20)26(28,21-12-8-14-24(17-21)29-3)22-13-9-15-25(18-22)30-4/h5-15,17-18,23,28H,16,19H2,1-4H3.